The van der Waals surface area contributed by atoms with Crippen LogP contribution in [0.4, 0.5) is 4.39 Å². The second kappa shape index (κ2) is 9.79. The summed E-state index contributed by atoms with van der Waals surface area (Å²) >= 11 is 0. The van der Waals surface area contributed by atoms with Crippen molar-refractivity contribution in [1.29, 1.82) is 0 Å². The van der Waals surface area contributed by atoms with E-state index in [4.69, 9.17) is 4.74 Å². The molecule has 0 spiro atoms. The van der Waals surface area contributed by atoms with Crippen molar-refractivity contribution in [2.45, 2.75) is 46.0 Å². The third-order valence-corrected chi connectivity index (χ3v) is 3.02. The molecule has 0 aliphatic carbocycles. The van der Waals surface area contributed by atoms with Gasteiger partial charge < -0.3 is 10.1 Å². The zero-order valence-electron chi connectivity index (χ0n) is 12.2. The van der Waals surface area contributed by atoms with Gasteiger partial charge in [-0.3, -0.25) is 0 Å². The van der Waals surface area contributed by atoms with E-state index in [0.717, 1.165) is 31.5 Å². The van der Waals surface area contributed by atoms with E-state index in [1.54, 1.807) is 12.1 Å². The molecule has 0 amide bonds. The lowest BCUT2D eigenvalue weighted by Gasteiger charge is -2.08. The van der Waals surface area contributed by atoms with E-state index < -0.39 is 0 Å². The van der Waals surface area contributed by atoms with E-state index in [-0.39, 0.29) is 5.82 Å². The number of hydrogen-bond acceptors (Lipinski definition) is 2. The fraction of sp³-hybridized carbons (Fsp3) is 0.625. The number of ether oxygens (including phenoxy) is 1. The molecule has 2 nitrogen and oxygen atoms in total. The van der Waals surface area contributed by atoms with Gasteiger partial charge in [0.15, 0.2) is 11.6 Å². The Hall–Kier alpha value is -1.09. The van der Waals surface area contributed by atoms with Crippen molar-refractivity contribution in [1.82, 2.24) is 5.32 Å². The maximum atomic E-state index is 13.4. The Bertz CT molecular complexity index is 355. The number of hydrogen-bond donors (Lipinski definition) is 1. The van der Waals surface area contributed by atoms with Gasteiger partial charge in [-0.1, -0.05) is 25.8 Å². The fourth-order valence-corrected chi connectivity index (χ4v) is 1.91. The minimum absolute atomic E-state index is 0.269. The molecule has 0 aliphatic heterocycles. The van der Waals surface area contributed by atoms with Gasteiger partial charge in [-0.25, -0.2) is 4.39 Å². The summed E-state index contributed by atoms with van der Waals surface area (Å²) in [5.74, 6) is 0.110. The lowest BCUT2D eigenvalue weighted by molar-refractivity contribution is 0.290. The van der Waals surface area contributed by atoms with Crippen LogP contribution in [0.15, 0.2) is 18.2 Å². The molecule has 108 valence electrons. The first kappa shape index (κ1) is 16.0. The molecule has 3 heteroatoms. The average Bonchev–Trinajstić information content (AvgIpc) is 2.40. The molecule has 0 fully saturated rings. The van der Waals surface area contributed by atoms with Crippen molar-refractivity contribution in [3.8, 4) is 5.75 Å². The molecule has 1 N–H and O–H groups in total. The van der Waals surface area contributed by atoms with Crippen molar-refractivity contribution < 1.29 is 9.13 Å². The highest BCUT2D eigenvalue weighted by Crippen LogP contribution is 2.18. The maximum absolute atomic E-state index is 13.4. The number of halogens is 1. The van der Waals surface area contributed by atoms with Gasteiger partial charge in [-0.05, 0) is 57.0 Å². The quantitative estimate of drug-likeness (QED) is 0.645. The van der Waals surface area contributed by atoms with Crippen LogP contribution in [0.25, 0.3) is 0 Å². The van der Waals surface area contributed by atoms with Crippen molar-refractivity contribution in [3.05, 3.63) is 29.6 Å². The zero-order chi connectivity index (χ0) is 13.9. The number of aryl methyl sites for hydroxylation is 1. The smallest absolute Gasteiger partial charge is 0.165 e. The van der Waals surface area contributed by atoms with Gasteiger partial charge in [0.25, 0.3) is 0 Å². The summed E-state index contributed by atoms with van der Waals surface area (Å²) < 4.78 is 18.9. The third kappa shape index (κ3) is 7.16. The Morgan fingerprint density at radius 2 is 1.89 bits per heavy atom. The highest BCUT2D eigenvalue weighted by molar-refractivity contribution is 5.29. The van der Waals surface area contributed by atoms with Crippen molar-refractivity contribution in [2.75, 3.05) is 19.7 Å². The number of benzene rings is 1. The van der Waals surface area contributed by atoms with Crippen LogP contribution in [0.2, 0.25) is 0 Å². The summed E-state index contributed by atoms with van der Waals surface area (Å²) in [6.45, 7) is 6.92. The molecule has 0 heterocycles. The van der Waals surface area contributed by atoms with E-state index >= 15 is 0 Å². The van der Waals surface area contributed by atoms with Crippen LogP contribution in [-0.4, -0.2) is 19.7 Å². The summed E-state index contributed by atoms with van der Waals surface area (Å²) in [7, 11) is 0. The van der Waals surface area contributed by atoms with E-state index in [9.17, 15) is 4.39 Å². The van der Waals surface area contributed by atoms with Crippen molar-refractivity contribution in [3.63, 3.8) is 0 Å². The number of unbranched alkanes of at least 4 members (excludes halogenated alkanes) is 3. The lowest BCUT2D eigenvalue weighted by atomic mass is 10.2. The molecule has 1 aromatic rings. The standard InChI is InChI=1S/C16H26FNO/c1-3-10-18-11-6-4-5-7-12-19-16-13-14(2)8-9-15(16)17/h8-9,13,18H,3-7,10-12H2,1-2H3. The van der Waals surface area contributed by atoms with Gasteiger partial charge >= 0.3 is 0 Å². The Kier molecular flexibility index (Phi) is 8.23. The molecular formula is C16H26FNO. The molecule has 0 aliphatic rings. The highest BCUT2D eigenvalue weighted by Gasteiger charge is 2.02. The normalized spacial score (nSPS) is 10.7. The Morgan fingerprint density at radius 1 is 1.11 bits per heavy atom. The molecule has 0 saturated heterocycles. The first-order valence-corrected chi connectivity index (χ1v) is 7.33. The van der Waals surface area contributed by atoms with E-state index in [1.165, 1.54) is 25.3 Å². The largest absolute Gasteiger partial charge is 0.491 e. The van der Waals surface area contributed by atoms with Crippen LogP contribution in [-0.2, 0) is 0 Å². The SMILES string of the molecule is CCCNCCCCCCOc1cc(C)ccc1F. The Balaban J connectivity index is 2.03. The monoisotopic (exact) mass is 267 g/mol. The Morgan fingerprint density at radius 3 is 2.68 bits per heavy atom. The van der Waals surface area contributed by atoms with E-state index in [0.29, 0.717) is 12.4 Å². The number of nitrogens with one attached hydrogen (secondary N) is 1. The molecule has 1 rings (SSSR count). The van der Waals surface area contributed by atoms with Crippen LogP contribution in [0, 0.1) is 12.7 Å². The van der Waals surface area contributed by atoms with Crippen LogP contribution < -0.4 is 10.1 Å². The van der Waals surface area contributed by atoms with Gasteiger partial charge in [-0.2, -0.15) is 0 Å². The van der Waals surface area contributed by atoms with E-state index in [1.807, 2.05) is 6.92 Å². The topological polar surface area (TPSA) is 21.3 Å². The molecule has 0 radical (unpaired) electrons. The lowest BCUT2D eigenvalue weighted by Crippen LogP contribution is -2.15. The molecule has 1 aromatic carbocycles. The van der Waals surface area contributed by atoms with Crippen LogP contribution in [0.3, 0.4) is 0 Å². The minimum Gasteiger partial charge on any atom is -0.491 e. The zero-order valence-corrected chi connectivity index (χ0v) is 12.2. The average molecular weight is 267 g/mol. The maximum Gasteiger partial charge on any atom is 0.165 e. The van der Waals surface area contributed by atoms with Crippen LogP contribution in [0.1, 0.15) is 44.6 Å². The Labute approximate surface area is 116 Å². The van der Waals surface area contributed by atoms with Crippen LogP contribution >= 0.6 is 0 Å². The summed E-state index contributed by atoms with van der Waals surface area (Å²) in [5, 5.41) is 3.38. The molecule has 19 heavy (non-hydrogen) atoms. The second-order valence-electron chi connectivity index (χ2n) is 4.95. The summed E-state index contributed by atoms with van der Waals surface area (Å²) in [4.78, 5) is 0. The molecule has 0 unspecified atom stereocenters. The minimum atomic E-state index is -0.269. The molecule has 0 atom stereocenters. The van der Waals surface area contributed by atoms with Gasteiger partial charge in [-0.15, -0.1) is 0 Å². The van der Waals surface area contributed by atoms with Gasteiger partial charge in [0, 0.05) is 0 Å². The summed E-state index contributed by atoms with van der Waals surface area (Å²) in [5.41, 5.74) is 1.03. The molecule has 0 aromatic heterocycles. The third-order valence-electron chi connectivity index (χ3n) is 3.02. The van der Waals surface area contributed by atoms with Gasteiger partial charge in [0.1, 0.15) is 0 Å². The molecular weight excluding hydrogens is 241 g/mol. The summed E-state index contributed by atoms with van der Waals surface area (Å²) in [6.07, 6.45) is 5.73. The van der Waals surface area contributed by atoms with Crippen molar-refractivity contribution >= 4 is 0 Å². The van der Waals surface area contributed by atoms with Crippen LogP contribution in [0.5, 0.6) is 5.75 Å². The predicted molar refractivity (Wildman–Crippen MR) is 78.3 cm³/mol. The highest BCUT2D eigenvalue weighted by atomic mass is 19.1. The first-order valence-electron chi connectivity index (χ1n) is 7.33. The number of rotatable bonds is 10. The van der Waals surface area contributed by atoms with E-state index in [2.05, 4.69) is 12.2 Å². The molecule has 0 saturated carbocycles. The first-order chi connectivity index (χ1) is 9.24. The summed E-state index contributed by atoms with van der Waals surface area (Å²) in [6, 6.07) is 4.97. The van der Waals surface area contributed by atoms with Crippen molar-refractivity contribution in [2.24, 2.45) is 0 Å². The van der Waals surface area contributed by atoms with Gasteiger partial charge in [0.2, 0.25) is 0 Å². The second-order valence-corrected chi connectivity index (χ2v) is 4.95. The predicted octanol–water partition coefficient (Wildman–Crippen LogP) is 4.07. The molecule has 0 bridgehead atoms. The van der Waals surface area contributed by atoms with Gasteiger partial charge in [0.05, 0.1) is 6.61 Å². The fourth-order valence-electron chi connectivity index (χ4n) is 1.91.